The van der Waals surface area contributed by atoms with E-state index in [4.69, 9.17) is 0 Å². The van der Waals surface area contributed by atoms with Crippen LogP contribution in [0.1, 0.15) is 0 Å². The first kappa shape index (κ1) is 16.8. The van der Waals surface area contributed by atoms with Crippen molar-refractivity contribution < 1.29 is 0 Å². The fourth-order valence-corrected chi connectivity index (χ4v) is 4.07. The second-order valence-corrected chi connectivity index (χ2v) is 8.49. The molecule has 0 spiro atoms. The molecule has 0 aliphatic rings. The van der Waals surface area contributed by atoms with Crippen LogP contribution in [0.25, 0.3) is 44.1 Å². The van der Waals surface area contributed by atoms with E-state index < -0.39 is 0 Å². The van der Waals surface area contributed by atoms with Crippen molar-refractivity contribution in [2.75, 3.05) is 0 Å². The van der Waals surface area contributed by atoms with Crippen molar-refractivity contribution >= 4 is 53.7 Å². The summed E-state index contributed by atoms with van der Waals surface area (Å²) in [7, 11) is 0. The Hall–Kier alpha value is -2.36. The monoisotopic (exact) mass is 475 g/mol. The van der Waals surface area contributed by atoms with Crippen LogP contribution in [0, 0.1) is 0 Å². The number of hydrogen-bond acceptors (Lipinski definition) is 0. The number of halogens is 2. The predicted molar refractivity (Wildman–Crippen MR) is 122 cm³/mol. The Morgan fingerprint density at radius 2 is 0.815 bits per heavy atom. The number of rotatable bonds is 2. The van der Waals surface area contributed by atoms with Gasteiger partial charge in [0.2, 0.25) is 0 Å². The number of benzene rings is 4. The van der Waals surface area contributed by atoms with Crippen molar-refractivity contribution in [3.63, 3.8) is 0 Å². The van der Waals surface area contributed by atoms with E-state index in [1.165, 1.54) is 44.1 Å². The maximum atomic E-state index is 3.54. The summed E-state index contributed by atoms with van der Waals surface area (Å²) in [5.41, 5.74) is 7.23. The zero-order valence-corrected chi connectivity index (χ0v) is 17.5. The molecule has 0 aliphatic heterocycles. The molecule has 0 amide bonds. The highest BCUT2D eigenvalue weighted by Crippen LogP contribution is 2.33. The second-order valence-electron chi connectivity index (χ2n) is 6.66. The third-order valence-electron chi connectivity index (χ3n) is 4.95. The van der Waals surface area contributed by atoms with E-state index in [9.17, 15) is 0 Å². The molecule has 0 bridgehead atoms. The molecule has 1 aromatic heterocycles. The average Bonchev–Trinajstić information content (AvgIpc) is 3.06. The van der Waals surface area contributed by atoms with Gasteiger partial charge in [0.1, 0.15) is 0 Å². The molecular weight excluding hydrogens is 462 g/mol. The highest BCUT2D eigenvalue weighted by atomic mass is 79.9. The van der Waals surface area contributed by atoms with E-state index in [0.29, 0.717) is 0 Å². The van der Waals surface area contributed by atoms with Crippen molar-refractivity contribution in [3.8, 4) is 22.3 Å². The van der Waals surface area contributed by atoms with Crippen LogP contribution in [0.2, 0.25) is 0 Å². The number of H-pyrrole nitrogens is 1. The number of aromatic amines is 1. The van der Waals surface area contributed by atoms with Gasteiger partial charge >= 0.3 is 0 Å². The minimum Gasteiger partial charge on any atom is -0.355 e. The highest BCUT2D eigenvalue weighted by molar-refractivity contribution is 9.10. The summed E-state index contributed by atoms with van der Waals surface area (Å²) in [6.07, 6.45) is 0. The summed E-state index contributed by atoms with van der Waals surface area (Å²) in [6, 6.07) is 30.2. The molecule has 130 valence electrons. The van der Waals surface area contributed by atoms with E-state index in [1.807, 2.05) is 0 Å². The maximum absolute atomic E-state index is 3.54. The second kappa shape index (κ2) is 6.66. The molecule has 0 fully saturated rings. The number of nitrogens with one attached hydrogen (secondary N) is 1. The lowest BCUT2D eigenvalue weighted by molar-refractivity contribution is 1.54. The third kappa shape index (κ3) is 3.11. The molecule has 1 heterocycles. The van der Waals surface area contributed by atoms with Crippen LogP contribution in [0.15, 0.2) is 93.9 Å². The number of aromatic nitrogens is 1. The SMILES string of the molecule is Brc1ccc(-c2ccc3[nH]c4ccc(-c5ccc(Br)cc5)cc4c3c2)cc1. The molecule has 0 atom stereocenters. The Kier molecular flexibility index (Phi) is 4.14. The number of fused-ring (bicyclic) bond motifs is 3. The minimum absolute atomic E-state index is 1.10. The normalized spacial score (nSPS) is 11.3. The Labute approximate surface area is 174 Å². The maximum Gasteiger partial charge on any atom is 0.0465 e. The molecule has 5 rings (SSSR count). The summed E-state index contributed by atoms with van der Waals surface area (Å²) in [4.78, 5) is 3.54. The van der Waals surface area contributed by atoms with Gasteiger partial charge in [-0.3, -0.25) is 0 Å². The van der Waals surface area contributed by atoms with Gasteiger partial charge in [-0.2, -0.15) is 0 Å². The van der Waals surface area contributed by atoms with Gasteiger partial charge in [0.05, 0.1) is 0 Å². The average molecular weight is 477 g/mol. The zero-order valence-electron chi connectivity index (χ0n) is 14.3. The van der Waals surface area contributed by atoms with Crippen LogP contribution in [0.4, 0.5) is 0 Å². The van der Waals surface area contributed by atoms with Crippen molar-refractivity contribution in [1.29, 1.82) is 0 Å². The van der Waals surface area contributed by atoms with Crippen LogP contribution < -0.4 is 0 Å². The molecule has 1 N–H and O–H groups in total. The Morgan fingerprint density at radius 1 is 0.444 bits per heavy atom. The molecule has 1 nitrogen and oxygen atoms in total. The molecule has 5 aromatic rings. The first-order valence-corrected chi connectivity index (χ1v) is 10.3. The molecule has 0 unspecified atom stereocenters. The van der Waals surface area contributed by atoms with E-state index in [0.717, 1.165) is 8.95 Å². The lowest BCUT2D eigenvalue weighted by Crippen LogP contribution is -1.79. The van der Waals surface area contributed by atoms with Gasteiger partial charge in [-0.05, 0) is 70.8 Å². The van der Waals surface area contributed by atoms with Gasteiger partial charge in [0.25, 0.3) is 0 Å². The Morgan fingerprint density at radius 3 is 1.22 bits per heavy atom. The lowest BCUT2D eigenvalue weighted by Gasteiger charge is -2.04. The topological polar surface area (TPSA) is 15.8 Å². The number of hydrogen-bond donors (Lipinski definition) is 1. The molecule has 0 aliphatic carbocycles. The Balaban J connectivity index is 1.68. The van der Waals surface area contributed by atoms with Gasteiger partial charge in [-0.25, -0.2) is 0 Å². The van der Waals surface area contributed by atoms with Crippen molar-refractivity contribution in [2.45, 2.75) is 0 Å². The van der Waals surface area contributed by atoms with Crippen LogP contribution in [-0.2, 0) is 0 Å². The van der Waals surface area contributed by atoms with Crippen LogP contribution in [0.5, 0.6) is 0 Å². The van der Waals surface area contributed by atoms with E-state index in [2.05, 4.69) is 122 Å². The lowest BCUT2D eigenvalue weighted by atomic mass is 10.0. The van der Waals surface area contributed by atoms with Gasteiger partial charge in [-0.1, -0.05) is 68.3 Å². The van der Waals surface area contributed by atoms with E-state index >= 15 is 0 Å². The van der Waals surface area contributed by atoms with Crippen LogP contribution in [-0.4, -0.2) is 4.98 Å². The van der Waals surface area contributed by atoms with Crippen molar-refractivity contribution in [1.82, 2.24) is 4.98 Å². The molecule has 0 radical (unpaired) electrons. The summed E-state index contributed by atoms with van der Waals surface area (Å²) in [5, 5.41) is 2.51. The summed E-state index contributed by atoms with van der Waals surface area (Å²) < 4.78 is 2.19. The largest absolute Gasteiger partial charge is 0.355 e. The van der Waals surface area contributed by atoms with Crippen LogP contribution in [0.3, 0.4) is 0 Å². The minimum atomic E-state index is 1.10. The van der Waals surface area contributed by atoms with Gasteiger partial charge < -0.3 is 4.98 Å². The Bertz CT molecular complexity index is 1170. The third-order valence-corrected chi connectivity index (χ3v) is 6.01. The fourth-order valence-electron chi connectivity index (χ4n) is 3.54. The predicted octanol–water partition coefficient (Wildman–Crippen LogP) is 8.18. The van der Waals surface area contributed by atoms with Gasteiger partial charge in [-0.15, -0.1) is 0 Å². The van der Waals surface area contributed by atoms with E-state index in [-0.39, 0.29) is 0 Å². The standard InChI is InChI=1S/C24H15Br2N/c25-19-7-1-15(2-8-19)17-5-11-23-21(13-17)22-14-18(6-12-24(22)27-23)16-3-9-20(26)10-4-16/h1-14,27H. The summed E-state index contributed by atoms with van der Waals surface area (Å²) >= 11 is 7.02. The van der Waals surface area contributed by atoms with E-state index in [1.54, 1.807) is 0 Å². The van der Waals surface area contributed by atoms with Gasteiger partial charge in [0.15, 0.2) is 0 Å². The fraction of sp³-hybridized carbons (Fsp3) is 0. The molecule has 4 aromatic carbocycles. The smallest absolute Gasteiger partial charge is 0.0465 e. The summed E-state index contributed by atoms with van der Waals surface area (Å²) in [5.74, 6) is 0. The molecule has 3 heteroatoms. The van der Waals surface area contributed by atoms with Crippen molar-refractivity contribution in [3.05, 3.63) is 93.9 Å². The van der Waals surface area contributed by atoms with Crippen molar-refractivity contribution in [2.24, 2.45) is 0 Å². The first-order valence-electron chi connectivity index (χ1n) is 8.75. The first-order chi connectivity index (χ1) is 13.2. The summed E-state index contributed by atoms with van der Waals surface area (Å²) in [6.45, 7) is 0. The molecular formula is C24H15Br2N. The zero-order chi connectivity index (χ0) is 18.4. The molecule has 0 saturated carbocycles. The van der Waals surface area contributed by atoms with Crippen LogP contribution >= 0.6 is 31.9 Å². The quantitative estimate of drug-likeness (QED) is 0.264. The van der Waals surface area contributed by atoms with Gasteiger partial charge in [0, 0.05) is 30.8 Å². The molecule has 27 heavy (non-hydrogen) atoms. The molecule has 0 saturated heterocycles. The highest BCUT2D eigenvalue weighted by Gasteiger charge is 2.08.